The Hall–Kier alpha value is 0.0569. The summed E-state index contributed by atoms with van der Waals surface area (Å²) >= 11 is 0. The van der Waals surface area contributed by atoms with E-state index in [0.29, 0.717) is 13.2 Å². The van der Waals surface area contributed by atoms with Gasteiger partial charge in [-0.05, 0) is 12.8 Å². The number of hydrogen-bond donors (Lipinski definition) is 2. The summed E-state index contributed by atoms with van der Waals surface area (Å²) in [5.74, 6) is 0. The quantitative estimate of drug-likeness (QED) is 0.576. The Labute approximate surface area is 68.3 Å². The molecule has 0 heterocycles. The van der Waals surface area contributed by atoms with Crippen molar-refractivity contribution >= 4 is 9.05 Å². The van der Waals surface area contributed by atoms with E-state index >= 15 is 0 Å². The summed E-state index contributed by atoms with van der Waals surface area (Å²) in [6, 6.07) is 0. The van der Waals surface area contributed by atoms with Crippen LogP contribution in [0.1, 0.15) is 26.7 Å². The fourth-order valence-corrected chi connectivity index (χ4v) is 1.54. The molecule has 5 heteroatoms. The molecule has 0 unspecified atom stereocenters. The third-order valence-corrected chi connectivity index (χ3v) is 2.15. The first kappa shape index (κ1) is 11.1. The Kier molecular flexibility index (Phi) is 5.70. The minimum Gasteiger partial charge on any atom is -0.367 e. The van der Waals surface area contributed by atoms with Crippen LogP contribution in [0, 0.1) is 0 Å². The predicted molar refractivity (Wildman–Crippen MR) is 42.7 cm³/mol. The molecule has 0 aromatic heterocycles. The van der Waals surface area contributed by atoms with Crippen molar-refractivity contribution in [3.8, 4) is 0 Å². The van der Waals surface area contributed by atoms with Gasteiger partial charge >= 0.3 is 9.05 Å². The second-order valence-electron chi connectivity index (χ2n) is 2.25. The molecule has 2 N–H and O–H groups in total. The van der Waals surface area contributed by atoms with Crippen molar-refractivity contribution in [1.82, 2.24) is 0 Å². The van der Waals surface area contributed by atoms with Gasteiger partial charge in [0, 0.05) is 13.2 Å². The highest BCUT2D eigenvalue weighted by molar-refractivity contribution is 6.50. The predicted octanol–water partition coefficient (Wildman–Crippen LogP) is 0.260. The molecular formula is C6H16O4Si. The average Bonchev–Trinajstić information content (AvgIpc) is 1.97. The van der Waals surface area contributed by atoms with E-state index in [1.165, 1.54) is 0 Å². The van der Waals surface area contributed by atoms with Crippen molar-refractivity contribution in [1.29, 1.82) is 0 Å². The molecule has 0 bridgehead atoms. The van der Waals surface area contributed by atoms with Crippen LogP contribution in [0.25, 0.3) is 0 Å². The maximum absolute atomic E-state index is 9.03. The van der Waals surface area contributed by atoms with Crippen molar-refractivity contribution in [3.63, 3.8) is 0 Å². The first-order chi connectivity index (χ1) is 5.12. The lowest BCUT2D eigenvalue weighted by molar-refractivity contribution is 0.0243. The smallest absolute Gasteiger partial charge is 0.367 e. The molecule has 0 aromatic carbocycles. The first-order valence-electron chi connectivity index (χ1n) is 3.85. The zero-order valence-electron chi connectivity index (χ0n) is 7.04. The van der Waals surface area contributed by atoms with Gasteiger partial charge in [0.15, 0.2) is 0 Å². The van der Waals surface area contributed by atoms with Gasteiger partial charge in [0.05, 0.1) is 0 Å². The number of hydrogen-bond acceptors (Lipinski definition) is 4. The van der Waals surface area contributed by atoms with Crippen LogP contribution >= 0.6 is 0 Å². The molecule has 0 radical (unpaired) electrons. The van der Waals surface area contributed by atoms with E-state index in [9.17, 15) is 0 Å². The van der Waals surface area contributed by atoms with Gasteiger partial charge in [-0.1, -0.05) is 13.8 Å². The molecule has 0 saturated carbocycles. The van der Waals surface area contributed by atoms with E-state index in [1.807, 2.05) is 13.8 Å². The molecule has 0 atom stereocenters. The van der Waals surface area contributed by atoms with Gasteiger partial charge in [0.2, 0.25) is 0 Å². The lowest BCUT2D eigenvalue weighted by atomic mass is 10.5. The van der Waals surface area contributed by atoms with Crippen LogP contribution < -0.4 is 0 Å². The Bertz CT molecular complexity index is 86.6. The molecule has 0 aliphatic heterocycles. The zero-order valence-corrected chi connectivity index (χ0v) is 8.04. The Morgan fingerprint density at radius 1 is 1.00 bits per heavy atom. The zero-order chi connectivity index (χ0) is 8.74. The maximum atomic E-state index is 9.03. The van der Waals surface area contributed by atoms with Gasteiger partial charge in [-0.3, -0.25) is 0 Å². The standard InChI is InChI=1S/C6H16O4Si/c1-3-5-9-11(7,8)10-6-4-2/h7-8H,3-6H2,1-2H3. The molecular weight excluding hydrogens is 164 g/mol. The van der Waals surface area contributed by atoms with Crippen LogP contribution in [-0.2, 0) is 8.85 Å². The van der Waals surface area contributed by atoms with Gasteiger partial charge in [-0.2, -0.15) is 0 Å². The number of rotatable bonds is 6. The largest absolute Gasteiger partial charge is 0.674 e. The summed E-state index contributed by atoms with van der Waals surface area (Å²) < 4.78 is 9.42. The molecule has 0 fully saturated rings. The molecule has 0 aliphatic carbocycles. The Morgan fingerprint density at radius 3 is 1.64 bits per heavy atom. The van der Waals surface area contributed by atoms with Crippen LogP contribution in [0.3, 0.4) is 0 Å². The summed E-state index contributed by atoms with van der Waals surface area (Å²) in [5.41, 5.74) is 0. The molecule has 0 rings (SSSR count). The van der Waals surface area contributed by atoms with Crippen molar-refractivity contribution in [2.75, 3.05) is 13.2 Å². The van der Waals surface area contributed by atoms with E-state index in [4.69, 9.17) is 18.4 Å². The highest BCUT2D eigenvalue weighted by Gasteiger charge is 2.35. The van der Waals surface area contributed by atoms with Crippen LogP contribution in [0.2, 0.25) is 0 Å². The topological polar surface area (TPSA) is 58.9 Å². The maximum Gasteiger partial charge on any atom is 0.674 e. The monoisotopic (exact) mass is 180 g/mol. The third kappa shape index (κ3) is 6.45. The van der Waals surface area contributed by atoms with Crippen molar-refractivity contribution in [2.24, 2.45) is 0 Å². The fraction of sp³-hybridized carbons (Fsp3) is 1.00. The minimum absolute atomic E-state index is 0.336. The van der Waals surface area contributed by atoms with E-state index in [-0.39, 0.29) is 0 Å². The summed E-state index contributed by atoms with van der Waals surface area (Å²) in [5, 5.41) is 0. The van der Waals surface area contributed by atoms with Gasteiger partial charge < -0.3 is 18.4 Å². The lowest BCUT2D eigenvalue weighted by Crippen LogP contribution is -2.43. The molecule has 0 spiro atoms. The highest BCUT2D eigenvalue weighted by Crippen LogP contribution is 1.99. The van der Waals surface area contributed by atoms with E-state index in [0.717, 1.165) is 12.8 Å². The van der Waals surface area contributed by atoms with Crippen molar-refractivity contribution in [2.45, 2.75) is 26.7 Å². The van der Waals surface area contributed by atoms with Crippen LogP contribution in [0.4, 0.5) is 0 Å². The molecule has 0 saturated heterocycles. The first-order valence-corrected chi connectivity index (χ1v) is 5.56. The van der Waals surface area contributed by atoms with Crippen LogP contribution in [-0.4, -0.2) is 31.9 Å². The van der Waals surface area contributed by atoms with Crippen LogP contribution in [0.5, 0.6) is 0 Å². The van der Waals surface area contributed by atoms with Gasteiger partial charge in [0.25, 0.3) is 0 Å². The van der Waals surface area contributed by atoms with Gasteiger partial charge in [-0.25, -0.2) is 0 Å². The summed E-state index contributed by atoms with van der Waals surface area (Å²) in [6.07, 6.45) is 1.51. The summed E-state index contributed by atoms with van der Waals surface area (Å²) in [7, 11) is -3.75. The fourth-order valence-electron chi connectivity index (χ4n) is 0.512. The summed E-state index contributed by atoms with van der Waals surface area (Å²) in [6.45, 7) is 4.46. The summed E-state index contributed by atoms with van der Waals surface area (Å²) in [4.78, 5) is 18.1. The van der Waals surface area contributed by atoms with Crippen molar-refractivity contribution in [3.05, 3.63) is 0 Å². The van der Waals surface area contributed by atoms with E-state index < -0.39 is 9.05 Å². The lowest BCUT2D eigenvalue weighted by Gasteiger charge is -2.15. The molecule has 0 aliphatic rings. The average molecular weight is 180 g/mol. The molecule has 11 heavy (non-hydrogen) atoms. The minimum atomic E-state index is -3.75. The Morgan fingerprint density at radius 2 is 1.36 bits per heavy atom. The SMILES string of the molecule is CCCO[Si](O)(O)OCCC. The normalized spacial score (nSPS) is 12.0. The second-order valence-corrected chi connectivity index (χ2v) is 3.92. The molecule has 0 amide bonds. The van der Waals surface area contributed by atoms with Gasteiger partial charge in [-0.15, -0.1) is 0 Å². The second kappa shape index (κ2) is 5.67. The van der Waals surface area contributed by atoms with E-state index in [1.54, 1.807) is 0 Å². The van der Waals surface area contributed by atoms with Crippen molar-refractivity contribution < 1.29 is 18.4 Å². The molecule has 0 aromatic rings. The molecule has 4 nitrogen and oxygen atoms in total. The van der Waals surface area contributed by atoms with E-state index in [2.05, 4.69) is 0 Å². The third-order valence-electron chi connectivity index (χ3n) is 0.988. The Balaban J connectivity index is 3.43. The van der Waals surface area contributed by atoms with Gasteiger partial charge in [0.1, 0.15) is 0 Å². The van der Waals surface area contributed by atoms with Crippen LogP contribution in [0.15, 0.2) is 0 Å². The highest BCUT2D eigenvalue weighted by atomic mass is 28.4. The molecule has 68 valence electrons.